The number of nitrogens with zero attached hydrogens (tertiary/aromatic N) is 1. The van der Waals surface area contributed by atoms with Crippen molar-refractivity contribution in [2.45, 2.75) is 18.7 Å². The third kappa shape index (κ3) is 4.39. The van der Waals surface area contributed by atoms with Crippen LogP contribution in [0.1, 0.15) is 13.8 Å². The highest BCUT2D eigenvalue weighted by Crippen LogP contribution is 2.22. The molecule has 0 fully saturated rings. The number of nitrogen functional groups attached to an aromatic ring is 1. The summed E-state index contributed by atoms with van der Waals surface area (Å²) in [5.41, 5.74) is 6.51. The monoisotopic (exact) mass is 300 g/mol. The third-order valence-electron chi connectivity index (χ3n) is 2.70. The molecular formula is C12H20N4O3S. The van der Waals surface area contributed by atoms with Crippen LogP contribution < -0.4 is 21.1 Å². The molecule has 0 atom stereocenters. The fraction of sp³-hybridized carbons (Fsp3) is 0.417. The lowest BCUT2D eigenvalue weighted by Crippen LogP contribution is -2.37. The largest absolute Gasteiger partial charge is 0.399 e. The molecule has 20 heavy (non-hydrogen) atoms. The molecule has 0 heterocycles. The summed E-state index contributed by atoms with van der Waals surface area (Å²) >= 11 is 0. The molecule has 0 aliphatic rings. The number of benzene rings is 1. The van der Waals surface area contributed by atoms with Crippen molar-refractivity contribution in [3.8, 4) is 0 Å². The van der Waals surface area contributed by atoms with Crippen LogP contribution in [0.2, 0.25) is 0 Å². The number of carbonyl (C=O) groups excluding carboxylic acids is 1. The number of primary sulfonamides is 1. The maximum absolute atomic E-state index is 11.6. The van der Waals surface area contributed by atoms with Crippen LogP contribution >= 0.6 is 0 Å². The van der Waals surface area contributed by atoms with Crippen LogP contribution in [0.15, 0.2) is 23.1 Å². The summed E-state index contributed by atoms with van der Waals surface area (Å²) in [4.78, 5) is 13.3. The summed E-state index contributed by atoms with van der Waals surface area (Å²) in [5, 5.41) is 7.79. The Hall–Kier alpha value is -1.80. The van der Waals surface area contributed by atoms with E-state index in [4.69, 9.17) is 10.9 Å². The average Bonchev–Trinajstić information content (AvgIpc) is 2.34. The first-order chi connectivity index (χ1) is 9.27. The lowest BCUT2D eigenvalue weighted by atomic mass is 10.2. The van der Waals surface area contributed by atoms with Crippen LogP contribution in [0.3, 0.4) is 0 Å². The fourth-order valence-electron chi connectivity index (χ4n) is 1.76. The number of amides is 1. The minimum atomic E-state index is -3.84. The molecule has 0 unspecified atom stereocenters. The smallest absolute Gasteiger partial charge is 0.239 e. The van der Waals surface area contributed by atoms with Crippen molar-refractivity contribution >= 4 is 27.3 Å². The van der Waals surface area contributed by atoms with Crippen LogP contribution in [-0.2, 0) is 14.8 Å². The Morgan fingerprint density at radius 1 is 1.30 bits per heavy atom. The van der Waals surface area contributed by atoms with Gasteiger partial charge in [-0.1, -0.05) is 0 Å². The van der Waals surface area contributed by atoms with Gasteiger partial charge < -0.3 is 16.0 Å². The van der Waals surface area contributed by atoms with E-state index in [2.05, 4.69) is 5.32 Å². The van der Waals surface area contributed by atoms with Crippen molar-refractivity contribution in [3.63, 3.8) is 0 Å². The van der Waals surface area contributed by atoms with Gasteiger partial charge >= 0.3 is 0 Å². The Labute approximate surface area is 119 Å². The minimum absolute atomic E-state index is 0.0677. The molecule has 0 saturated heterocycles. The van der Waals surface area contributed by atoms with Gasteiger partial charge in [0.2, 0.25) is 15.9 Å². The van der Waals surface area contributed by atoms with E-state index in [-0.39, 0.29) is 23.0 Å². The number of nitrogens with one attached hydrogen (secondary N) is 1. The summed E-state index contributed by atoms with van der Waals surface area (Å²) in [6.45, 7) is 4.88. The molecule has 0 radical (unpaired) electrons. The fourth-order valence-corrected chi connectivity index (χ4v) is 2.35. The van der Waals surface area contributed by atoms with Crippen molar-refractivity contribution in [1.82, 2.24) is 5.32 Å². The molecule has 0 aromatic heterocycles. The second kappa shape index (κ2) is 6.58. The molecule has 7 nitrogen and oxygen atoms in total. The van der Waals surface area contributed by atoms with Crippen molar-refractivity contribution in [3.05, 3.63) is 18.2 Å². The van der Waals surface area contributed by atoms with Crippen LogP contribution in [0, 0.1) is 0 Å². The Kier molecular flexibility index (Phi) is 5.34. The average molecular weight is 300 g/mol. The van der Waals surface area contributed by atoms with Gasteiger partial charge in [-0.2, -0.15) is 0 Å². The summed E-state index contributed by atoms with van der Waals surface area (Å²) in [7, 11) is -3.84. The van der Waals surface area contributed by atoms with E-state index in [0.717, 1.165) is 0 Å². The van der Waals surface area contributed by atoms with Gasteiger partial charge in [0.25, 0.3) is 0 Å². The highest BCUT2D eigenvalue weighted by Gasteiger charge is 2.14. The molecule has 0 spiro atoms. The highest BCUT2D eigenvalue weighted by atomic mass is 32.2. The predicted octanol–water partition coefficient (Wildman–Crippen LogP) is -0.121. The summed E-state index contributed by atoms with van der Waals surface area (Å²) in [5.74, 6) is -0.145. The molecule has 0 bridgehead atoms. The molecule has 8 heteroatoms. The van der Waals surface area contributed by atoms with Crippen LogP contribution in [0.4, 0.5) is 11.4 Å². The predicted molar refractivity (Wildman–Crippen MR) is 78.8 cm³/mol. The van der Waals surface area contributed by atoms with Crippen molar-refractivity contribution < 1.29 is 13.2 Å². The van der Waals surface area contributed by atoms with E-state index in [9.17, 15) is 13.2 Å². The molecule has 1 rings (SSSR count). The SMILES string of the molecule is CCNC(=O)CN(CC)c1cc(N)cc(S(N)(=O)=O)c1. The number of rotatable bonds is 6. The molecule has 1 aromatic carbocycles. The number of nitrogens with two attached hydrogens (primary N) is 2. The van der Waals surface area contributed by atoms with E-state index in [1.54, 1.807) is 11.0 Å². The first-order valence-corrected chi connectivity index (χ1v) is 7.77. The normalized spacial score (nSPS) is 11.2. The lowest BCUT2D eigenvalue weighted by Gasteiger charge is -2.23. The van der Waals surface area contributed by atoms with Gasteiger partial charge in [-0.15, -0.1) is 0 Å². The molecule has 0 saturated carbocycles. The van der Waals surface area contributed by atoms with Crippen LogP contribution in [-0.4, -0.2) is 34.0 Å². The van der Waals surface area contributed by atoms with E-state index >= 15 is 0 Å². The van der Waals surface area contributed by atoms with Crippen molar-refractivity contribution in [2.24, 2.45) is 5.14 Å². The Balaban J connectivity index is 3.10. The van der Waals surface area contributed by atoms with E-state index < -0.39 is 10.0 Å². The highest BCUT2D eigenvalue weighted by molar-refractivity contribution is 7.89. The zero-order valence-electron chi connectivity index (χ0n) is 11.6. The molecule has 1 aromatic rings. The summed E-state index contributed by atoms with van der Waals surface area (Å²) in [6, 6.07) is 4.31. The van der Waals surface area contributed by atoms with E-state index in [1.807, 2.05) is 13.8 Å². The first kappa shape index (κ1) is 16.3. The third-order valence-corrected chi connectivity index (χ3v) is 3.59. The number of hydrogen-bond acceptors (Lipinski definition) is 5. The standard InChI is InChI=1S/C12H20N4O3S/c1-3-15-12(17)8-16(4-2)10-5-9(13)6-11(7-10)20(14,18)19/h5-7H,3-4,8,13H2,1-2H3,(H,15,17)(H2,14,18,19). The van der Waals surface area contributed by atoms with Gasteiger partial charge in [0.1, 0.15) is 0 Å². The number of anilines is 2. The minimum Gasteiger partial charge on any atom is -0.399 e. The summed E-state index contributed by atoms with van der Waals surface area (Å²) < 4.78 is 22.8. The molecule has 5 N–H and O–H groups in total. The quantitative estimate of drug-likeness (QED) is 0.633. The maximum Gasteiger partial charge on any atom is 0.239 e. The second-order valence-corrected chi connectivity index (χ2v) is 5.83. The molecular weight excluding hydrogens is 280 g/mol. The lowest BCUT2D eigenvalue weighted by molar-refractivity contribution is -0.119. The van der Waals surface area contributed by atoms with Gasteiger partial charge in [0, 0.05) is 24.5 Å². The number of likely N-dealkylation sites (N-methyl/N-ethyl adjacent to an activating group) is 2. The molecule has 112 valence electrons. The van der Waals surface area contributed by atoms with E-state index in [1.165, 1.54) is 12.1 Å². The maximum atomic E-state index is 11.6. The zero-order chi connectivity index (χ0) is 15.3. The second-order valence-electron chi connectivity index (χ2n) is 4.27. The van der Waals surface area contributed by atoms with Gasteiger partial charge in [-0.25, -0.2) is 13.6 Å². The topological polar surface area (TPSA) is 119 Å². The van der Waals surface area contributed by atoms with Crippen LogP contribution in [0.25, 0.3) is 0 Å². The Bertz CT molecular complexity index is 586. The first-order valence-electron chi connectivity index (χ1n) is 6.23. The van der Waals surface area contributed by atoms with Gasteiger partial charge in [0.15, 0.2) is 0 Å². The number of hydrogen-bond donors (Lipinski definition) is 3. The van der Waals surface area contributed by atoms with Gasteiger partial charge in [0.05, 0.1) is 11.4 Å². The Morgan fingerprint density at radius 2 is 1.95 bits per heavy atom. The van der Waals surface area contributed by atoms with Crippen molar-refractivity contribution in [2.75, 3.05) is 30.3 Å². The molecule has 0 aliphatic carbocycles. The molecule has 0 aliphatic heterocycles. The number of sulfonamides is 1. The summed E-state index contributed by atoms with van der Waals surface area (Å²) in [6.07, 6.45) is 0. The molecule has 1 amide bonds. The van der Waals surface area contributed by atoms with Crippen LogP contribution in [0.5, 0.6) is 0 Å². The number of carbonyl (C=O) groups is 1. The van der Waals surface area contributed by atoms with Gasteiger partial charge in [-0.05, 0) is 32.0 Å². The van der Waals surface area contributed by atoms with Crippen molar-refractivity contribution in [1.29, 1.82) is 0 Å². The Morgan fingerprint density at radius 3 is 2.45 bits per heavy atom. The zero-order valence-corrected chi connectivity index (χ0v) is 12.4. The van der Waals surface area contributed by atoms with Gasteiger partial charge in [-0.3, -0.25) is 4.79 Å². The van der Waals surface area contributed by atoms with E-state index in [0.29, 0.717) is 18.8 Å².